The highest BCUT2D eigenvalue weighted by molar-refractivity contribution is 5.85. The van der Waals surface area contributed by atoms with Crippen LogP contribution in [-0.2, 0) is 6.54 Å². The Bertz CT molecular complexity index is 492. The van der Waals surface area contributed by atoms with Gasteiger partial charge in [0, 0.05) is 32.4 Å². The van der Waals surface area contributed by atoms with Gasteiger partial charge in [-0.1, -0.05) is 6.07 Å². The molecule has 4 heterocycles. The molecule has 3 aliphatic heterocycles. The van der Waals surface area contributed by atoms with Crippen LogP contribution in [0.5, 0.6) is 0 Å². The van der Waals surface area contributed by atoms with Gasteiger partial charge in [0.2, 0.25) is 0 Å². The van der Waals surface area contributed by atoms with Crippen LogP contribution >= 0.6 is 12.4 Å². The van der Waals surface area contributed by atoms with Crippen molar-refractivity contribution in [2.75, 3.05) is 44.2 Å². The average Bonchev–Trinajstić information content (AvgIpc) is 3.20. The molecule has 0 bridgehead atoms. The average molecular weight is 337 g/mol. The predicted octanol–water partition coefficient (Wildman–Crippen LogP) is 2.68. The lowest BCUT2D eigenvalue weighted by Crippen LogP contribution is -2.38. The molecule has 0 atom stereocenters. The van der Waals surface area contributed by atoms with E-state index in [0.717, 1.165) is 12.4 Å². The molecule has 1 spiro atoms. The van der Waals surface area contributed by atoms with E-state index in [9.17, 15) is 0 Å². The Morgan fingerprint density at radius 3 is 2.52 bits per heavy atom. The number of hydrogen-bond acceptors (Lipinski definition) is 4. The highest BCUT2D eigenvalue weighted by Crippen LogP contribution is 2.39. The summed E-state index contributed by atoms with van der Waals surface area (Å²) >= 11 is 0. The summed E-state index contributed by atoms with van der Waals surface area (Å²) in [4.78, 5) is 9.74. The molecule has 3 aliphatic rings. The Hall–Kier alpha value is -0.840. The molecule has 0 aliphatic carbocycles. The second-order valence-electron chi connectivity index (χ2n) is 7.43. The van der Waals surface area contributed by atoms with Crippen LogP contribution in [0.15, 0.2) is 18.3 Å². The quantitative estimate of drug-likeness (QED) is 0.919. The minimum absolute atomic E-state index is 0. The van der Waals surface area contributed by atoms with E-state index in [1.54, 1.807) is 0 Å². The lowest BCUT2D eigenvalue weighted by atomic mass is 9.78. The second kappa shape index (κ2) is 7.37. The Morgan fingerprint density at radius 1 is 1.04 bits per heavy atom. The normalized spacial score (nSPS) is 24.1. The third-order valence-corrected chi connectivity index (χ3v) is 5.83. The van der Waals surface area contributed by atoms with E-state index < -0.39 is 0 Å². The van der Waals surface area contributed by atoms with Gasteiger partial charge in [-0.25, -0.2) is 4.98 Å². The topological polar surface area (TPSA) is 31.4 Å². The maximum absolute atomic E-state index is 4.70. The molecular weight excluding hydrogens is 308 g/mol. The number of pyridine rings is 1. The number of halogens is 1. The van der Waals surface area contributed by atoms with Crippen molar-refractivity contribution in [1.29, 1.82) is 0 Å². The van der Waals surface area contributed by atoms with E-state index in [1.807, 2.05) is 0 Å². The molecule has 0 aromatic carbocycles. The minimum atomic E-state index is 0. The summed E-state index contributed by atoms with van der Waals surface area (Å²) < 4.78 is 0. The van der Waals surface area contributed by atoms with Crippen LogP contribution in [0.3, 0.4) is 0 Å². The van der Waals surface area contributed by atoms with Gasteiger partial charge in [0.1, 0.15) is 5.82 Å². The molecule has 3 saturated heterocycles. The van der Waals surface area contributed by atoms with E-state index in [4.69, 9.17) is 4.98 Å². The molecule has 0 unspecified atom stereocenters. The number of nitrogens with zero attached hydrogens (tertiary/aromatic N) is 3. The monoisotopic (exact) mass is 336 g/mol. The number of nitrogens with one attached hydrogen (secondary N) is 1. The molecule has 0 saturated carbocycles. The molecule has 5 heteroatoms. The SMILES string of the molecule is Cl.c1cc(N2CCCC2)ncc1CN1CCC2(CCNCC2)C1. The maximum Gasteiger partial charge on any atom is 0.128 e. The highest BCUT2D eigenvalue weighted by atomic mass is 35.5. The summed E-state index contributed by atoms with van der Waals surface area (Å²) in [5, 5.41) is 3.50. The Kier molecular flexibility index (Phi) is 5.45. The van der Waals surface area contributed by atoms with E-state index in [1.165, 1.54) is 76.9 Å². The molecule has 1 aromatic rings. The van der Waals surface area contributed by atoms with Gasteiger partial charge in [-0.15, -0.1) is 12.4 Å². The Labute approximate surface area is 146 Å². The van der Waals surface area contributed by atoms with Gasteiger partial charge in [-0.05, 0) is 68.8 Å². The van der Waals surface area contributed by atoms with Gasteiger partial charge in [0.15, 0.2) is 0 Å². The fourth-order valence-corrected chi connectivity index (χ4v) is 4.43. The number of rotatable bonds is 3. The molecule has 4 rings (SSSR count). The van der Waals surface area contributed by atoms with Crippen molar-refractivity contribution in [2.45, 2.75) is 38.6 Å². The van der Waals surface area contributed by atoms with Crippen LogP contribution in [-0.4, -0.2) is 49.2 Å². The number of anilines is 1. The zero-order valence-electron chi connectivity index (χ0n) is 14.0. The van der Waals surface area contributed by atoms with E-state index in [0.29, 0.717) is 5.41 Å². The molecule has 3 fully saturated rings. The van der Waals surface area contributed by atoms with Crippen molar-refractivity contribution in [3.8, 4) is 0 Å². The summed E-state index contributed by atoms with van der Waals surface area (Å²) in [5.74, 6) is 1.16. The Morgan fingerprint density at radius 2 is 1.83 bits per heavy atom. The zero-order valence-corrected chi connectivity index (χ0v) is 14.8. The minimum Gasteiger partial charge on any atom is -0.357 e. The van der Waals surface area contributed by atoms with Crippen molar-refractivity contribution >= 4 is 18.2 Å². The molecule has 4 nitrogen and oxygen atoms in total. The standard InChI is InChI=1S/C18H28N4.ClH/c1-2-11-22(10-1)17-4-3-16(13-20-17)14-21-12-7-18(15-21)5-8-19-9-6-18;/h3-4,13,19H,1-2,5-12,14-15H2;1H. The van der Waals surface area contributed by atoms with Gasteiger partial charge < -0.3 is 10.2 Å². The molecule has 0 radical (unpaired) electrons. The zero-order chi connectivity index (χ0) is 14.8. The number of likely N-dealkylation sites (tertiary alicyclic amines) is 1. The van der Waals surface area contributed by atoms with E-state index in [-0.39, 0.29) is 12.4 Å². The summed E-state index contributed by atoms with van der Waals surface area (Å²) in [7, 11) is 0. The second-order valence-corrected chi connectivity index (χ2v) is 7.43. The summed E-state index contributed by atoms with van der Waals surface area (Å²) in [6, 6.07) is 4.51. The van der Waals surface area contributed by atoms with Crippen LogP contribution in [0.4, 0.5) is 5.82 Å². The van der Waals surface area contributed by atoms with Crippen LogP contribution in [0.2, 0.25) is 0 Å². The fraction of sp³-hybridized carbons (Fsp3) is 0.722. The van der Waals surface area contributed by atoms with Gasteiger partial charge in [-0.2, -0.15) is 0 Å². The first-order valence-electron chi connectivity index (χ1n) is 8.96. The van der Waals surface area contributed by atoms with E-state index in [2.05, 4.69) is 33.4 Å². The summed E-state index contributed by atoms with van der Waals surface area (Å²) in [6.45, 7) is 8.38. The van der Waals surface area contributed by atoms with Crippen molar-refractivity contribution < 1.29 is 0 Å². The molecular formula is C18H29ClN4. The molecule has 23 heavy (non-hydrogen) atoms. The van der Waals surface area contributed by atoms with Gasteiger partial charge >= 0.3 is 0 Å². The molecule has 1 aromatic heterocycles. The first-order chi connectivity index (χ1) is 10.8. The maximum atomic E-state index is 4.70. The van der Waals surface area contributed by atoms with Gasteiger partial charge in [-0.3, -0.25) is 4.90 Å². The van der Waals surface area contributed by atoms with Crippen LogP contribution < -0.4 is 10.2 Å². The summed E-state index contributed by atoms with van der Waals surface area (Å²) in [5.41, 5.74) is 1.97. The van der Waals surface area contributed by atoms with Crippen molar-refractivity contribution in [3.63, 3.8) is 0 Å². The Balaban J connectivity index is 0.00000156. The van der Waals surface area contributed by atoms with Crippen molar-refractivity contribution in [1.82, 2.24) is 15.2 Å². The number of hydrogen-bond donors (Lipinski definition) is 1. The molecule has 1 N–H and O–H groups in total. The number of aromatic nitrogens is 1. The molecule has 128 valence electrons. The van der Waals surface area contributed by atoms with Crippen molar-refractivity contribution in [2.24, 2.45) is 5.41 Å². The third-order valence-electron chi connectivity index (χ3n) is 5.83. The molecule has 0 amide bonds. The van der Waals surface area contributed by atoms with Crippen LogP contribution in [0.25, 0.3) is 0 Å². The first kappa shape index (κ1) is 17.0. The van der Waals surface area contributed by atoms with Gasteiger partial charge in [0.25, 0.3) is 0 Å². The number of piperidine rings is 1. The van der Waals surface area contributed by atoms with Crippen LogP contribution in [0.1, 0.15) is 37.7 Å². The third kappa shape index (κ3) is 3.81. The van der Waals surface area contributed by atoms with E-state index >= 15 is 0 Å². The smallest absolute Gasteiger partial charge is 0.128 e. The van der Waals surface area contributed by atoms with Crippen molar-refractivity contribution in [3.05, 3.63) is 23.9 Å². The predicted molar refractivity (Wildman–Crippen MR) is 97.4 cm³/mol. The highest BCUT2D eigenvalue weighted by Gasteiger charge is 2.38. The fourth-order valence-electron chi connectivity index (χ4n) is 4.43. The van der Waals surface area contributed by atoms with Crippen LogP contribution in [0, 0.1) is 5.41 Å². The van der Waals surface area contributed by atoms with Gasteiger partial charge in [0.05, 0.1) is 0 Å². The largest absolute Gasteiger partial charge is 0.357 e. The summed E-state index contributed by atoms with van der Waals surface area (Å²) in [6.07, 6.45) is 8.82. The lowest BCUT2D eigenvalue weighted by Gasteiger charge is -2.33. The lowest BCUT2D eigenvalue weighted by molar-refractivity contribution is 0.194. The first-order valence-corrected chi connectivity index (χ1v) is 8.96.